The molecule has 0 aliphatic heterocycles. The van der Waals surface area contributed by atoms with E-state index in [0.717, 1.165) is 24.9 Å². The van der Waals surface area contributed by atoms with Gasteiger partial charge in [0.15, 0.2) is 9.84 Å². The van der Waals surface area contributed by atoms with Crippen molar-refractivity contribution < 1.29 is 8.42 Å². The highest BCUT2D eigenvalue weighted by molar-refractivity contribution is 7.90. The lowest BCUT2D eigenvalue weighted by molar-refractivity contribution is 0.602. The van der Waals surface area contributed by atoms with Crippen LogP contribution in [0.3, 0.4) is 0 Å². The van der Waals surface area contributed by atoms with Crippen LogP contribution in [0.1, 0.15) is 33.1 Å². The van der Waals surface area contributed by atoms with E-state index in [1.54, 1.807) is 12.1 Å². The molecule has 0 saturated heterocycles. The van der Waals surface area contributed by atoms with E-state index in [1.807, 2.05) is 0 Å². The van der Waals surface area contributed by atoms with E-state index in [1.165, 1.54) is 12.3 Å². The average molecular weight is 270 g/mol. The Hall–Kier alpha value is -1.23. The Morgan fingerprint density at radius 1 is 1.33 bits per heavy atom. The average Bonchev–Trinajstić information content (AvgIpc) is 2.29. The third-order valence-corrected chi connectivity index (χ3v) is 4.05. The molecule has 5 heteroatoms. The summed E-state index contributed by atoms with van der Waals surface area (Å²) < 4.78 is 22.8. The summed E-state index contributed by atoms with van der Waals surface area (Å²) in [6.07, 6.45) is 4.37. The third-order valence-electron chi connectivity index (χ3n) is 2.94. The largest absolute Gasteiger partial charge is 0.397 e. The van der Waals surface area contributed by atoms with Crippen LogP contribution in [0.2, 0.25) is 0 Å². The minimum Gasteiger partial charge on any atom is -0.397 e. The molecule has 0 bridgehead atoms. The van der Waals surface area contributed by atoms with Gasteiger partial charge in [-0.3, -0.25) is 0 Å². The lowest BCUT2D eigenvalue weighted by Crippen LogP contribution is -2.19. The van der Waals surface area contributed by atoms with E-state index in [9.17, 15) is 8.42 Å². The first-order valence-corrected chi connectivity index (χ1v) is 8.13. The number of nitrogens with one attached hydrogen (secondary N) is 1. The Balaban J connectivity index is 2.92. The van der Waals surface area contributed by atoms with Gasteiger partial charge in [-0.1, -0.05) is 20.3 Å². The van der Waals surface area contributed by atoms with E-state index in [-0.39, 0.29) is 4.90 Å². The zero-order valence-corrected chi connectivity index (χ0v) is 12.0. The molecule has 0 aliphatic rings. The summed E-state index contributed by atoms with van der Waals surface area (Å²) >= 11 is 0. The lowest BCUT2D eigenvalue weighted by Gasteiger charge is -2.19. The Morgan fingerprint density at radius 2 is 2.00 bits per heavy atom. The molecule has 0 spiro atoms. The number of rotatable bonds is 6. The molecule has 1 aromatic carbocycles. The Labute approximate surface area is 110 Å². The van der Waals surface area contributed by atoms with Gasteiger partial charge in [0.1, 0.15) is 0 Å². The minimum atomic E-state index is -3.19. The molecule has 1 rings (SSSR count). The predicted molar refractivity (Wildman–Crippen MR) is 76.6 cm³/mol. The molecule has 0 saturated carbocycles. The van der Waals surface area contributed by atoms with Crippen LogP contribution in [0.25, 0.3) is 0 Å². The van der Waals surface area contributed by atoms with E-state index in [0.29, 0.717) is 11.7 Å². The van der Waals surface area contributed by atoms with Gasteiger partial charge < -0.3 is 11.1 Å². The molecule has 1 unspecified atom stereocenters. The first-order valence-electron chi connectivity index (χ1n) is 6.24. The van der Waals surface area contributed by atoms with Gasteiger partial charge in [0.05, 0.1) is 16.3 Å². The van der Waals surface area contributed by atoms with Gasteiger partial charge in [-0.05, 0) is 31.0 Å². The van der Waals surface area contributed by atoms with Gasteiger partial charge in [0.2, 0.25) is 0 Å². The molecule has 0 heterocycles. The Morgan fingerprint density at radius 3 is 2.44 bits per heavy atom. The van der Waals surface area contributed by atoms with Gasteiger partial charge in [0, 0.05) is 12.3 Å². The maximum atomic E-state index is 11.4. The van der Waals surface area contributed by atoms with Crippen LogP contribution in [0, 0.1) is 0 Å². The molecule has 18 heavy (non-hydrogen) atoms. The Bertz CT molecular complexity index is 498. The van der Waals surface area contributed by atoms with E-state index < -0.39 is 9.84 Å². The molecule has 102 valence electrons. The molecule has 0 aliphatic carbocycles. The van der Waals surface area contributed by atoms with Crippen LogP contribution in [-0.2, 0) is 9.84 Å². The number of nitrogens with two attached hydrogens (primary N) is 1. The van der Waals surface area contributed by atoms with E-state index in [2.05, 4.69) is 19.2 Å². The fourth-order valence-electron chi connectivity index (χ4n) is 1.85. The second kappa shape index (κ2) is 6.09. The standard InChI is InChI=1S/C13H22N2O2S/c1-4-6-10(5-2)15-13-8-7-11(9-12(13)14)18(3,16)17/h7-10,15H,4-6,14H2,1-3H3. The maximum Gasteiger partial charge on any atom is 0.175 e. The topological polar surface area (TPSA) is 72.2 Å². The number of nitrogen functional groups attached to an aromatic ring is 1. The second-order valence-corrected chi connectivity index (χ2v) is 6.58. The zero-order chi connectivity index (χ0) is 13.8. The Kier molecular flexibility index (Phi) is 5.02. The number of benzene rings is 1. The molecular formula is C13H22N2O2S. The fraction of sp³-hybridized carbons (Fsp3) is 0.538. The first-order chi connectivity index (χ1) is 8.38. The van der Waals surface area contributed by atoms with Crippen molar-refractivity contribution in [3.63, 3.8) is 0 Å². The van der Waals surface area contributed by atoms with Crippen LogP contribution >= 0.6 is 0 Å². The highest BCUT2D eigenvalue weighted by Crippen LogP contribution is 2.24. The molecule has 1 aromatic rings. The summed E-state index contributed by atoms with van der Waals surface area (Å²) in [4.78, 5) is 0.258. The van der Waals surface area contributed by atoms with Crippen molar-refractivity contribution in [2.45, 2.75) is 44.0 Å². The number of anilines is 2. The summed E-state index contributed by atoms with van der Waals surface area (Å²) in [6.45, 7) is 4.26. The van der Waals surface area contributed by atoms with Crippen molar-refractivity contribution in [1.29, 1.82) is 0 Å². The highest BCUT2D eigenvalue weighted by atomic mass is 32.2. The van der Waals surface area contributed by atoms with Crippen LogP contribution in [0.4, 0.5) is 11.4 Å². The first kappa shape index (κ1) is 14.8. The van der Waals surface area contributed by atoms with Crippen LogP contribution in [-0.4, -0.2) is 20.7 Å². The monoisotopic (exact) mass is 270 g/mol. The maximum absolute atomic E-state index is 11.4. The summed E-state index contributed by atoms with van der Waals surface area (Å²) in [5.41, 5.74) is 7.18. The van der Waals surface area contributed by atoms with Crippen molar-refractivity contribution >= 4 is 21.2 Å². The molecule has 4 nitrogen and oxygen atoms in total. The predicted octanol–water partition coefficient (Wildman–Crippen LogP) is 2.66. The lowest BCUT2D eigenvalue weighted by atomic mass is 10.1. The molecule has 0 radical (unpaired) electrons. The number of hydrogen-bond donors (Lipinski definition) is 2. The van der Waals surface area contributed by atoms with Gasteiger partial charge >= 0.3 is 0 Å². The molecule has 0 fully saturated rings. The summed E-state index contributed by atoms with van der Waals surface area (Å²) in [5, 5.41) is 3.36. The third kappa shape index (κ3) is 3.91. The van der Waals surface area contributed by atoms with Crippen LogP contribution < -0.4 is 11.1 Å². The number of hydrogen-bond acceptors (Lipinski definition) is 4. The number of sulfone groups is 1. The zero-order valence-electron chi connectivity index (χ0n) is 11.2. The van der Waals surface area contributed by atoms with E-state index >= 15 is 0 Å². The van der Waals surface area contributed by atoms with Gasteiger partial charge in [-0.15, -0.1) is 0 Å². The van der Waals surface area contributed by atoms with Gasteiger partial charge in [0.25, 0.3) is 0 Å². The van der Waals surface area contributed by atoms with Crippen molar-refractivity contribution in [3.8, 4) is 0 Å². The van der Waals surface area contributed by atoms with Crippen molar-refractivity contribution in [2.24, 2.45) is 0 Å². The quantitative estimate of drug-likeness (QED) is 0.779. The normalized spacial score (nSPS) is 13.3. The molecule has 0 amide bonds. The second-order valence-electron chi connectivity index (χ2n) is 4.56. The van der Waals surface area contributed by atoms with Crippen LogP contribution in [0.5, 0.6) is 0 Å². The molecule has 0 aromatic heterocycles. The van der Waals surface area contributed by atoms with Crippen LogP contribution in [0.15, 0.2) is 23.1 Å². The van der Waals surface area contributed by atoms with Gasteiger partial charge in [-0.2, -0.15) is 0 Å². The smallest absolute Gasteiger partial charge is 0.175 e. The SMILES string of the molecule is CCCC(CC)Nc1ccc(S(C)(=O)=O)cc1N. The van der Waals surface area contributed by atoms with Crippen molar-refractivity contribution in [3.05, 3.63) is 18.2 Å². The fourth-order valence-corrected chi connectivity index (χ4v) is 2.51. The molecular weight excluding hydrogens is 248 g/mol. The highest BCUT2D eigenvalue weighted by Gasteiger charge is 2.11. The van der Waals surface area contributed by atoms with Crippen molar-refractivity contribution in [2.75, 3.05) is 17.3 Å². The van der Waals surface area contributed by atoms with Gasteiger partial charge in [-0.25, -0.2) is 8.42 Å². The summed E-state index contributed by atoms with van der Waals surface area (Å²) in [5.74, 6) is 0. The summed E-state index contributed by atoms with van der Waals surface area (Å²) in [7, 11) is -3.19. The molecule has 1 atom stereocenters. The summed E-state index contributed by atoms with van der Waals surface area (Å²) in [6, 6.07) is 5.22. The molecule has 3 N–H and O–H groups in total. The minimum absolute atomic E-state index is 0.258. The van der Waals surface area contributed by atoms with E-state index in [4.69, 9.17) is 5.73 Å². The van der Waals surface area contributed by atoms with Crippen molar-refractivity contribution in [1.82, 2.24) is 0 Å².